The lowest BCUT2D eigenvalue weighted by Gasteiger charge is -2.11. The van der Waals surface area contributed by atoms with Crippen molar-refractivity contribution in [3.8, 4) is 5.75 Å². The zero-order valence-electron chi connectivity index (χ0n) is 17.1. The van der Waals surface area contributed by atoms with Crippen LogP contribution in [-0.2, 0) is 9.47 Å². The number of halogens is 1. The number of azo groups is 1. The number of hydrogen-bond acceptors (Lipinski definition) is 8. The third kappa shape index (κ3) is 6.72. The van der Waals surface area contributed by atoms with Gasteiger partial charge in [-0.05, 0) is 42.5 Å². The largest absolute Gasteiger partial charge is 0.491 e. The van der Waals surface area contributed by atoms with Crippen molar-refractivity contribution >= 4 is 38.1 Å². The number of hydrogen-bond donors (Lipinski definition) is 0. The van der Waals surface area contributed by atoms with Crippen molar-refractivity contribution < 1.29 is 18.6 Å². The van der Waals surface area contributed by atoms with E-state index in [4.69, 9.17) is 14.2 Å². The summed E-state index contributed by atoms with van der Waals surface area (Å²) >= 11 is 1.46. The molecule has 0 N–H and O–H groups in total. The molecular formula is C21H25FN4O3S. The molecule has 0 radical (unpaired) electrons. The molecule has 0 unspecified atom stereocenters. The highest BCUT2D eigenvalue weighted by molar-refractivity contribution is 7.21. The van der Waals surface area contributed by atoms with E-state index in [1.165, 1.54) is 11.3 Å². The highest BCUT2D eigenvalue weighted by atomic mass is 32.1. The molecule has 0 amide bonds. The first kappa shape index (κ1) is 22.1. The van der Waals surface area contributed by atoms with Crippen LogP contribution in [0.3, 0.4) is 0 Å². The fourth-order valence-electron chi connectivity index (χ4n) is 2.54. The second kappa shape index (κ2) is 11.5. The quantitative estimate of drug-likeness (QED) is 0.293. The normalized spacial score (nSPS) is 11.4. The van der Waals surface area contributed by atoms with Crippen molar-refractivity contribution in [2.45, 2.75) is 0 Å². The van der Waals surface area contributed by atoms with Gasteiger partial charge in [-0.25, -0.2) is 9.37 Å². The van der Waals surface area contributed by atoms with E-state index in [9.17, 15) is 4.39 Å². The zero-order valence-corrected chi connectivity index (χ0v) is 17.9. The van der Waals surface area contributed by atoms with Gasteiger partial charge in [0.15, 0.2) is 0 Å². The van der Waals surface area contributed by atoms with Crippen LogP contribution in [0.5, 0.6) is 5.75 Å². The molecule has 0 aliphatic rings. The summed E-state index contributed by atoms with van der Waals surface area (Å²) in [6.45, 7) is 1.29. The van der Waals surface area contributed by atoms with Crippen LogP contribution in [0, 0.1) is 0 Å². The molecule has 0 bridgehead atoms. The fourth-order valence-corrected chi connectivity index (χ4v) is 3.35. The summed E-state index contributed by atoms with van der Waals surface area (Å²) in [5.41, 5.74) is 2.74. The second-order valence-electron chi connectivity index (χ2n) is 6.50. The van der Waals surface area contributed by atoms with Crippen LogP contribution in [0.2, 0.25) is 0 Å². The zero-order chi connectivity index (χ0) is 21.2. The molecule has 1 heterocycles. The number of ether oxygens (including phenoxy) is 3. The Morgan fingerprint density at radius 1 is 0.933 bits per heavy atom. The number of thiazole rings is 1. The third-order valence-corrected chi connectivity index (χ3v) is 4.96. The first-order chi connectivity index (χ1) is 14.7. The van der Waals surface area contributed by atoms with Gasteiger partial charge < -0.3 is 19.1 Å². The summed E-state index contributed by atoms with van der Waals surface area (Å²) in [6.07, 6.45) is 0. The Kier molecular flexibility index (Phi) is 8.49. The molecule has 0 saturated carbocycles. The topological polar surface area (TPSA) is 68.5 Å². The third-order valence-electron chi connectivity index (χ3n) is 4.06. The molecule has 0 aliphatic heterocycles. The van der Waals surface area contributed by atoms with E-state index in [2.05, 4.69) is 15.2 Å². The maximum atomic E-state index is 11.9. The molecule has 0 atom stereocenters. The highest BCUT2D eigenvalue weighted by Gasteiger charge is 2.05. The van der Waals surface area contributed by atoms with Crippen LogP contribution in [0.4, 0.5) is 20.9 Å². The summed E-state index contributed by atoms with van der Waals surface area (Å²) in [4.78, 5) is 6.52. The lowest BCUT2D eigenvalue weighted by atomic mass is 10.3. The Morgan fingerprint density at radius 3 is 2.40 bits per heavy atom. The summed E-state index contributed by atoms with van der Waals surface area (Å²) in [5, 5.41) is 9.12. The lowest BCUT2D eigenvalue weighted by molar-refractivity contribution is 0.0325. The van der Waals surface area contributed by atoms with Gasteiger partial charge in [0.2, 0.25) is 5.13 Å². The monoisotopic (exact) mass is 431 g/mol. The predicted molar refractivity (Wildman–Crippen MR) is 118 cm³/mol. The fraction of sp³-hybridized carbons (Fsp3) is 0.381. The van der Waals surface area contributed by atoms with E-state index >= 15 is 0 Å². The minimum Gasteiger partial charge on any atom is -0.491 e. The van der Waals surface area contributed by atoms with Gasteiger partial charge in [-0.15, -0.1) is 10.2 Å². The minimum atomic E-state index is -0.476. The number of rotatable bonds is 12. The van der Waals surface area contributed by atoms with Gasteiger partial charge in [0.05, 0.1) is 42.3 Å². The molecule has 7 nitrogen and oxygen atoms in total. The summed E-state index contributed by atoms with van der Waals surface area (Å²) in [6, 6.07) is 13.5. The van der Waals surface area contributed by atoms with Crippen molar-refractivity contribution in [2.75, 3.05) is 58.7 Å². The SMILES string of the molecule is CN(C)c1ccc(N=Nc2nc3ccc(OCCOCCOCC[18F])cc3s2)cc1. The van der Waals surface area contributed by atoms with E-state index in [-0.39, 0.29) is 6.61 Å². The van der Waals surface area contributed by atoms with Gasteiger partial charge in [-0.3, -0.25) is 0 Å². The standard InChI is InChI=1S/C21H25FN4O3S/c1-26(2)17-5-3-16(4-6-17)24-25-21-23-19-8-7-18(15-20(19)30-21)29-14-13-28-12-11-27-10-9-22/h3-8,15H,9-14H2,1-2H3/i22-1. The van der Waals surface area contributed by atoms with E-state index in [1.54, 1.807) is 0 Å². The Bertz CT molecular complexity index is 947. The number of anilines is 1. The van der Waals surface area contributed by atoms with Crippen molar-refractivity contribution in [1.29, 1.82) is 0 Å². The lowest BCUT2D eigenvalue weighted by Crippen LogP contribution is -2.11. The van der Waals surface area contributed by atoms with E-state index in [1.807, 2.05) is 61.5 Å². The molecule has 30 heavy (non-hydrogen) atoms. The molecular weight excluding hydrogens is 406 g/mol. The first-order valence-corrected chi connectivity index (χ1v) is 10.4. The number of benzene rings is 2. The average Bonchev–Trinajstić information content (AvgIpc) is 3.16. The maximum Gasteiger partial charge on any atom is 0.231 e. The summed E-state index contributed by atoms with van der Waals surface area (Å²) in [5.74, 6) is 0.742. The van der Waals surface area contributed by atoms with Crippen LogP contribution < -0.4 is 9.64 Å². The molecule has 1 aromatic heterocycles. The van der Waals surface area contributed by atoms with Gasteiger partial charge in [-0.1, -0.05) is 11.3 Å². The van der Waals surface area contributed by atoms with Crippen molar-refractivity contribution in [3.05, 3.63) is 42.5 Å². The smallest absolute Gasteiger partial charge is 0.231 e. The molecule has 0 fully saturated rings. The van der Waals surface area contributed by atoms with Gasteiger partial charge in [0.25, 0.3) is 0 Å². The van der Waals surface area contributed by atoms with E-state index < -0.39 is 6.67 Å². The maximum absolute atomic E-state index is 11.9. The van der Waals surface area contributed by atoms with Crippen LogP contribution in [0.25, 0.3) is 10.2 Å². The molecule has 0 spiro atoms. The van der Waals surface area contributed by atoms with Crippen molar-refractivity contribution in [2.24, 2.45) is 10.2 Å². The molecule has 3 rings (SSSR count). The molecule has 2 aromatic carbocycles. The molecule has 0 aliphatic carbocycles. The van der Waals surface area contributed by atoms with Crippen LogP contribution >= 0.6 is 11.3 Å². The molecule has 9 heteroatoms. The van der Waals surface area contributed by atoms with Crippen LogP contribution in [0.15, 0.2) is 52.7 Å². The summed E-state index contributed by atoms with van der Waals surface area (Å²) < 4.78 is 28.9. The molecule has 3 aromatic rings. The van der Waals surface area contributed by atoms with Crippen molar-refractivity contribution in [1.82, 2.24) is 4.98 Å². The number of nitrogens with zero attached hydrogens (tertiary/aromatic N) is 4. The minimum absolute atomic E-state index is 0.110. The van der Waals surface area contributed by atoms with Gasteiger partial charge in [-0.2, -0.15) is 0 Å². The number of aromatic nitrogens is 1. The van der Waals surface area contributed by atoms with Crippen LogP contribution in [0.1, 0.15) is 0 Å². The van der Waals surface area contributed by atoms with E-state index in [0.29, 0.717) is 31.6 Å². The first-order valence-electron chi connectivity index (χ1n) is 9.59. The highest BCUT2D eigenvalue weighted by Crippen LogP contribution is 2.32. The molecule has 160 valence electrons. The summed E-state index contributed by atoms with van der Waals surface area (Å²) in [7, 11) is 3.99. The Hall–Kier alpha value is -2.62. The Morgan fingerprint density at radius 2 is 1.67 bits per heavy atom. The number of alkyl halides is 1. The van der Waals surface area contributed by atoms with Crippen LogP contribution in [-0.4, -0.2) is 58.8 Å². The van der Waals surface area contributed by atoms with Crippen molar-refractivity contribution in [3.63, 3.8) is 0 Å². The second-order valence-corrected chi connectivity index (χ2v) is 7.51. The molecule has 0 saturated heterocycles. The Labute approximate surface area is 179 Å². The Balaban J connectivity index is 1.50. The van der Waals surface area contributed by atoms with Gasteiger partial charge >= 0.3 is 0 Å². The average molecular weight is 432 g/mol. The van der Waals surface area contributed by atoms with E-state index in [0.717, 1.165) is 27.3 Å². The predicted octanol–water partition coefficient (Wildman–Crippen LogP) is 5.16. The number of fused-ring (bicyclic) bond motifs is 1. The van der Waals surface area contributed by atoms with Gasteiger partial charge in [0, 0.05) is 19.8 Å². The van der Waals surface area contributed by atoms with Gasteiger partial charge in [0.1, 0.15) is 19.0 Å².